The van der Waals surface area contributed by atoms with Crippen molar-refractivity contribution in [1.29, 1.82) is 0 Å². The summed E-state index contributed by atoms with van der Waals surface area (Å²) in [6, 6.07) is -1.25. The summed E-state index contributed by atoms with van der Waals surface area (Å²) in [5.41, 5.74) is -0.545. The molecule has 3 N–H and O–H groups in total. The molecule has 1 saturated heterocycles. The molecule has 21 heavy (non-hydrogen) atoms. The van der Waals surface area contributed by atoms with Gasteiger partial charge in [-0.1, -0.05) is 20.8 Å². The number of nitrogens with one attached hydrogen (secondary N) is 1. The molecule has 1 heterocycles. The van der Waals surface area contributed by atoms with Crippen molar-refractivity contribution in [2.75, 3.05) is 39.3 Å². The SMILES string of the molecule is CC(C)(C)[C@H](NC(=O)N1CCCN(CCO)CC1)C(=O)O. The van der Waals surface area contributed by atoms with Crippen LogP contribution in [-0.2, 0) is 4.79 Å². The van der Waals surface area contributed by atoms with Crippen molar-refractivity contribution in [2.45, 2.75) is 33.2 Å². The number of carboxylic acids is 1. The van der Waals surface area contributed by atoms with Crippen molar-refractivity contribution in [1.82, 2.24) is 15.1 Å². The van der Waals surface area contributed by atoms with E-state index in [2.05, 4.69) is 10.2 Å². The van der Waals surface area contributed by atoms with Gasteiger partial charge in [0.25, 0.3) is 0 Å². The number of carbonyl (C=O) groups is 2. The quantitative estimate of drug-likeness (QED) is 0.689. The largest absolute Gasteiger partial charge is 0.480 e. The van der Waals surface area contributed by atoms with Gasteiger partial charge in [0, 0.05) is 26.2 Å². The second kappa shape index (κ2) is 7.61. The maximum atomic E-state index is 12.3. The van der Waals surface area contributed by atoms with Gasteiger partial charge < -0.3 is 20.4 Å². The number of aliphatic hydroxyl groups excluding tert-OH is 1. The smallest absolute Gasteiger partial charge is 0.326 e. The van der Waals surface area contributed by atoms with E-state index in [4.69, 9.17) is 5.11 Å². The molecule has 0 spiro atoms. The van der Waals surface area contributed by atoms with Crippen molar-refractivity contribution in [3.63, 3.8) is 0 Å². The van der Waals surface area contributed by atoms with Crippen LogP contribution in [0.4, 0.5) is 4.79 Å². The van der Waals surface area contributed by atoms with E-state index in [9.17, 15) is 14.7 Å². The fraction of sp³-hybridized carbons (Fsp3) is 0.857. The minimum Gasteiger partial charge on any atom is -0.480 e. The zero-order valence-corrected chi connectivity index (χ0v) is 13.1. The number of aliphatic hydroxyl groups is 1. The first kappa shape index (κ1) is 17.7. The zero-order valence-electron chi connectivity index (χ0n) is 13.1. The van der Waals surface area contributed by atoms with Crippen molar-refractivity contribution in [3.05, 3.63) is 0 Å². The van der Waals surface area contributed by atoms with E-state index in [0.29, 0.717) is 26.2 Å². The van der Waals surface area contributed by atoms with Gasteiger partial charge in [0.1, 0.15) is 6.04 Å². The Kier molecular flexibility index (Phi) is 6.42. The molecule has 0 aliphatic carbocycles. The van der Waals surface area contributed by atoms with Crippen LogP contribution < -0.4 is 5.32 Å². The van der Waals surface area contributed by atoms with E-state index in [-0.39, 0.29) is 12.6 Å². The number of β-amino-alcohol motifs (C(OH)–C–C–N with tert-alkyl or cyclic N) is 1. The Bertz CT molecular complexity index is 368. The standard InChI is InChI=1S/C14H27N3O4/c1-14(2,3)11(12(19)20)15-13(21)17-6-4-5-16(7-8-17)9-10-18/h11,18H,4-10H2,1-3H3,(H,15,21)(H,19,20)/t11-/m1/s1. The molecule has 7 heteroatoms. The second-order valence-corrected chi connectivity index (χ2v) is 6.49. The minimum absolute atomic E-state index is 0.108. The molecule has 1 atom stereocenters. The van der Waals surface area contributed by atoms with Gasteiger partial charge in [-0.25, -0.2) is 9.59 Å². The third-order valence-electron chi connectivity index (χ3n) is 3.67. The van der Waals surface area contributed by atoms with Crippen LogP contribution in [0.25, 0.3) is 0 Å². The summed E-state index contributed by atoms with van der Waals surface area (Å²) in [6.07, 6.45) is 0.820. The Morgan fingerprint density at radius 2 is 1.86 bits per heavy atom. The average Bonchev–Trinajstić information content (AvgIpc) is 2.60. The molecule has 0 radical (unpaired) electrons. The lowest BCUT2D eigenvalue weighted by molar-refractivity contribution is -0.142. The third-order valence-corrected chi connectivity index (χ3v) is 3.67. The van der Waals surface area contributed by atoms with E-state index >= 15 is 0 Å². The summed E-state index contributed by atoms with van der Waals surface area (Å²) >= 11 is 0. The number of carbonyl (C=O) groups excluding carboxylic acids is 1. The molecule has 0 unspecified atom stereocenters. The number of urea groups is 1. The van der Waals surface area contributed by atoms with Gasteiger partial charge in [-0.05, 0) is 18.4 Å². The van der Waals surface area contributed by atoms with E-state index in [1.54, 1.807) is 25.7 Å². The number of nitrogens with zero attached hydrogens (tertiary/aromatic N) is 2. The van der Waals surface area contributed by atoms with Crippen LogP contribution in [0.5, 0.6) is 0 Å². The number of amides is 2. The number of hydrogen-bond acceptors (Lipinski definition) is 4. The van der Waals surface area contributed by atoms with Crippen LogP contribution in [0.15, 0.2) is 0 Å². The van der Waals surface area contributed by atoms with Gasteiger partial charge in [-0.15, -0.1) is 0 Å². The predicted octanol–water partition coefficient (Wildman–Crippen LogP) is 0.195. The summed E-state index contributed by atoms with van der Waals surface area (Å²) in [5.74, 6) is -1.02. The molecular weight excluding hydrogens is 274 g/mol. The molecule has 1 rings (SSSR count). The van der Waals surface area contributed by atoms with Crippen molar-refractivity contribution in [2.24, 2.45) is 5.41 Å². The predicted molar refractivity (Wildman–Crippen MR) is 79.1 cm³/mol. The Hall–Kier alpha value is -1.34. The molecule has 0 bridgehead atoms. The molecule has 1 aliphatic heterocycles. The van der Waals surface area contributed by atoms with Crippen LogP contribution in [0.1, 0.15) is 27.2 Å². The van der Waals surface area contributed by atoms with E-state index in [0.717, 1.165) is 13.0 Å². The van der Waals surface area contributed by atoms with Crippen LogP contribution >= 0.6 is 0 Å². The lowest BCUT2D eigenvalue weighted by Gasteiger charge is -2.30. The van der Waals surface area contributed by atoms with Gasteiger partial charge in [0.2, 0.25) is 0 Å². The molecule has 0 saturated carbocycles. The topological polar surface area (TPSA) is 93.1 Å². The molecule has 1 aliphatic rings. The van der Waals surface area contributed by atoms with Gasteiger partial charge in [-0.3, -0.25) is 4.90 Å². The first-order chi connectivity index (χ1) is 9.75. The number of carboxylic acid groups (broad SMARTS) is 1. The highest BCUT2D eigenvalue weighted by atomic mass is 16.4. The molecule has 122 valence electrons. The average molecular weight is 301 g/mol. The summed E-state index contributed by atoms with van der Waals surface area (Å²) in [7, 11) is 0. The lowest BCUT2D eigenvalue weighted by atomic mass is 9.87. The van der Waals surface area contributed by atoms with Crippen LogP contribution in [-0.4, -0.2) is 77.4 Å². The van der Waals surface area contributed by atoms with Crippen LogP contribution in [0, 0.1) is 5.41 Å². The second-order valence-electron chi connectivity index (χ2n) is 6.49. The zero-order chi connectivity index (χ0) is 16.0. The van der Waals surface area contributed by atoms with Gasteiger partial charge in [0.05, 0.1) is 6.61 Å². The van der Waals surface area contributed by atoms with Crippen molar-refractivity contribution >= 4 is 12.0 Å². The summed E-state index contributed by atoms with van der Waals surface area (Å²) < 4.78 is 0. The Labute approximate surface area is 125 Å². The summed E-state index contributed by atoms with van der Waals surface area (Å²) in [4.78, 5) is 27.3. The molecule has 0 aromatic heterocycles. The summed E-state index contributed by atoms with van der Waals surface area (Å²) in [6.45, 7) is 8.76. The molecule has 0 aromatic rings. The maximum absolute atomic E-state index is 12.3. The number of rotatable bonds is 4. The number of aliphatic carboxylic acids is 1. The van der Waals surface area contributed by atoms with E-state index < -0.39 is 17.4 Å². The van der Waals surface area contributed by atoms with Gasteiger partial charge >= 0.3 is 12.0 Å². The van der Waals surface area contributed by atoms with Crippen LogP contribution in [0.3, 0.4) is 0 Å². The highest BCUT2D eigenvalue weighted by Crippen LogP contribution is 2.19. The molecule has 0 aromatic carbocycles. The first-order valence-corrected chi connectivity index (χ1v) is 7.37. The molecular formula is C14H27N3O4. The molecule has 7 nitrogen and oxygen atoms in total. The minimum atomic E-state index is -1.02. The highest BCUT2D eigenvalue weighted by molar-refractivity contribution is 5.83. The first-order valence-electron chi connectivity index (χ1n) is 7.37. The molecule has 2 amide bonds. The maximum Gasteiger partial charge on any atom is 0.326 e. The van der Waals surface area contributed by atoms with E-state index in [1.807, 2.05) is 0 Å². The highest BCUT2D eigenvalue weighted by Gasteiger charge is 2.34. The monoisotopic (exact) mass is 301 g/mol. The fourth-order valence-corrected chi connectivity index (χ4v) is 2.40. The molecule has 1 fully saturated rings. The fourth-order valence-electron chi connectivity index (χ4n) is 2.40. The van der Waals surface area contributed by atoms with Gasteiger partial charge in [-0.2, -0.15) is 0 Å². The van der Waals surface area contributed by atoms with Crippen LogP contribution in [0.2, 0.25) is 0 Å². The van der Waals surface area contributed by atoms with Gasteiger partial charge in [0.15, 0.2) is 0 Å². The van der Waals surface area contributed by atoms with Crippen molar-refractivity contribution in [3.8, 4) is 0 Å². The third kappa shape index (κ3) is 5.51. The Morgan fingerprint density at radius 3 is 2.38 bits per heavy atom. The lowest BCUT2D eigenvalue weighted by Crippen LogP contribution is -2.53. The van der Waals surface area contributed by atoms with Crippen molar-refractivity contribution < 1.29 is 19.8 Å². The normalized spacial score (nSPS) is 19.0. The summed E-state index contributed by atoms with van der Waals surface area (Å²) in [5, 5.41) is 20.8. The number of hydrogen-bond donors (Lipinski definition) is 3. The van der Waals surface area contributed by atoms with E-state index in [1.165, 1.54) is 0 Å². The Morgan fingerprint density at radius 1 is 1.19 bits per heavy atom. The Balaban J connectivity index is 2.60.